The third kappa shape index (κ3) is 7.21. The van der Waals surface area contributed by atoms with E-state index in [2.05, 4.69) is 20.1 Å². The topological polar surface area (TPSA) is 111 Å². The molecule has 5 heterocycles. The lowest BCUT2D eigenvalue weighted by molar-refractivity contribution is 0.0357. The summed E-state index contributed by atoms with van der Waals surface area (Å²) in [5, 5.41) is 3.43. The van der Waals surface area contributed by atoms with E-state index < -0.39 is 11.7 Å². The first-order valence-electron chi connectivity index (χ1n) is 17.9. The van der Waals surface area contributed by atoms with E-state index >= 15 is 4.39 Å². The fraction of sp³-hybridized carbons (Fsp3) is 0.350. The molecule has 268 valence electrons. The fourth-order valence-electron chi connectivity index (χ4n) is 7.33. The smallest absolute Gasteiger partial charge is 0.293 e. The Labute approximate surface area is 301 Å². The molecule has 1 atom stereocenters. The van der Waals surface area contributed by atoms with Gasteiger partial charge < -0.3 is 29.2 Å². The number of fused-ring (bicyclic) bond motifs is 5. The number of benzene rings is 3. The normalized spacial score (nSPS) is 17.0. The largest absolute Gasteiger partial charge is 0.493 e. The van der Waals surface area contributed by atoms with Crippen molar-refractivity contribution < 1.29 is 28.1 Å². The van der Waals surface area contributed by atoms with Gasteiger partial charge in [-0.3, -0.25) is 14.7 Å². The molecule has 0 saturated carbocycles. The molecule has 12 heteroatoms. The summed E-state index contributed by atoms with van der Waals surface area (Å²) in [6, 6.07) is 19.4. The first-order valence-corrected chi connectivity index (χ1v) is 17.9. The van der Waals surface area contributed by atoms with Crippen molar-refractivity contribution in [1.29, 1.82) is 0 Å². The van der Waals surface area contributed by atoms with Crippen LogP contribution in [-0.4, -0.2) is 85.4 Å². The van der Waals surface area contributed by atoms with Crippen LogP contribution in [0.1, 0.15) is 35.6 Å². The zero-order valence-corrected chi connectivity index (χ0v) is 29.1. The number of piperidine rings is 1. The molecule has 3 aromatic carbocycles. The summed E-state index contributed by atoms with van der Waals surface area (Å²) in [5.74, 6) is 0.887. The monoisotopic (exact) mass is 704 g/mol. The van der Waals surface area contributed by atoms with Crippen molar-refractivity contribution in [1.82, 2.24) is 19.9 Å². The quantitative estimate of drug-likeness (QED) is 0.148. The molecule has 2 aromatic heterocycles. The number of morpholine rings is 1. The van der Waals surface area contributed by atoms with Gasteiger partial charge in [-0.1, -0.05) is 30.3 Å². The molecular weight excluding hydrogens is 663 g/mol. The zero-order chi connectivity index (χ0) is 35.4. The molecule has 8 rings (SSSR count). The molecule has 2 fully saturated rings. The number of nitrogens with one attached hydrogen (secondary N) is 1. The van der Waals surface area contributed by atoms with Crippen LogP contribution in [0, 0.1) is 11.7 Å². The molecule has 3 aliphatic rings. The van der Waals surface area contributed by atoms with Crippen LogP contribution in [0.4, 0.5) is 15.8 Å². The fourth-order valence-corrected chi connectivity index (χ4v) is 7.33. The number of halogens is 1. The van der Waals surface area contributed by atoms with E-state index in [0.29, 0.717) is 40.7 Å². The Balaban J connectivity index is 0.980. The van der Waals surface area contributed by atoms with Crippen LogP contribution in [-0.2, 0) is 11.2 Å². The minimum absolute atomic E-state index is 0.00936. The summed E-state index contributed by atoms with van der Waals surface area (Å²) >= 11 is 0. The lowest BCUT2D eigenvalue weighted by Gasteiger charge is -2.40. The van der Waals surface area contributed by atoms with Gasteiger partial charge in [0, 0.05) is 67.7 Å². The lowest BCUT2D eigenvalue weighted by atomic mass is 9.87. The van der Waals surface area contributed by atoms with Gasteiger partial charge in [-0.2, -0.15) is 0 Å². The standard InChI is InChI=1S/C40H41FN6O5/c1-49-35-23-29-31(24-36(35)51-18-6-14-46-16-19-50-20-17-46)42-13-12-33(29)52-34-11-10-28(22-30(34)41)43-40(48)39-44-32-21-26-7-5-15-47(25-26)38(32)37(45-39)27-8-3-2-4-9-27/h2-4,8-13,22-24,26H,5-7,14-21,25H2,1H3,(H,43,48). The van der Waals surface area contributed by atoms with E-state index in [1.807, 2.05) is 30.3 Å². The van der Waals surface area contributed by atoms with Crippen LogP contribution in [0.15, 0.2) is 72.9 Å². The maximum Gasteiger partial charge on any atom is 0.293 e. The maximum atomic E-state index is 15.6. The molecule has 0 spiro atoms. The van der Waals surface area contributed by atoms with Gasteiger partial charge in [0.15, 0.2) is 23.1 Å². The SMILES string of the molecule is COc1cc2c(Oc3ccc(NC(=O)c4nc5c(c(-c6ccccc6)n4)N4CCCC(C5)C4)cc3F)ccnc2cc1OCCCN1CCOCC1. The molecule has 52 heavy (non-hydrogen) atoms. The van der Waals surface area contributed by atoms with Gasteiger partial charge in [-0.25, -0.2) is 14.4 Å². The number of rotatable bonds is 11. The Bertz CT molecular complexity index is 2080. The molecule has 2 bridgehead atoms. The number of carbonyl (C=O) groups is 1. The van der Waals surface area contributed by atoms with Crippen molar-refractivity contribution in [3.05, 3.63) is 90.3 Å². The zero-order valence-electron chi connectivity index (χ0n) is 29.1. The molecule has 5 aromatic rings. The predicted octanol–water partition coefficient (Wildman–Crippen LogP) is 6.76. The number of nitrogens with zero attached hydrogens (tertiary/aromatic N) is 5. The molecule has 0 aliphatic carbocycles. The van der Waals surface area contributed by atoms with E-state index in [1.165, 1.54) is 12.1 Å². The Morgan fingerprint density at radius 3 is 2.67 bits per heavy atom. The van der Waals surface area contributed by atoms with Crippen LogP contribution >= 0.6 is 0 Å². The third-order valence-electron chi connectivity index (χ3n) is 9.90. The number of anilines is 2. The Hall–Kier alpha value is -5.33. The van der Waals surface area contributed by atoms with E-state index in [-0.39, 0.29) is 17.3 Å². The molecule has 1 N–H and O–H groups in total. The van der Waals surface area contributed by atoms with E-state index in [1.54, 1.807) is 37.6 Å². The number of carbonyl (C=O) groups excluding carboxylic acids is 1. The van der Waals surface area contributed by atoms with Crippen LogP contribution < -0.4 is 24.4 Å². The second-order valence-corrected chi connectivity index (χ2v) is 13.4. The maximum absolute atomic E-state index is 15.6. The molecule has 1 unspecified atom stereocenters. The second kappa shape index (κ2) is 15.1. The predicted molar refractivity (Wildman–Crippen MR) is 196 cm³/mol. The first-order chi connectivity index (χ1) is 25.5. The van der Waals surface area contributed by atoms with Crippen LogP contribution in [0.5, 0.6) is 23.0 Å². The van der Waals surface area contributed by atoms with Gasteiger partial charge in [-0.15, -0.1) is 0 Å². The van der Waals surface area contributed by atoms with Gasteiger partial charge in [-0.05, 0) is 55.9 Å². The molecule has 0 radical (unpaired) electrons. The van der Waals surface area contributed by atoms with Gasteiger partial charge >= 0.3 is 0 Å². The highest BCUT2D eigenvalue weighted by Gasteiger charge is 2.33. The Morgan fingerprint density at radius 1 is 0.981 bits per heavy atom. The van der Waals surface area contributed by atoms with Crippen molar-refractivity contribution >= 4 is 28.2 Å². The number of aromatic nitrogens is 3. The van der Waals surface area contributed by atoms with Crippen molar-refractivity contribution in [3.63, 3.8) is 0 Å². The lowest BCUT2D eigenvalue weighted by Crippen LogP contribution is -2.41. The van der Waals surface area contributed by atoms with Crippen molar-refractivity contribution in [2.75, 3.05) is 69.9 Å². The summed E-state index contributed by atoms with van der Waals surface area (Å²) < 4.78 is 38.8. The van der Waals surface area contributed by atoms with Gasteiger partial charge in [0.05, 0.1) is 49.5 Å². The van der Waals surface area contributed by atoms with Gasteiger partial charge in [0.2, 0.25) is 5.82 Å². The number of hydrogen-bond donors (Lipinski definition) is 1. The van der Waals surface area contributed by atoms with E-state index in [9.17, 15) is 4.79 Å². The third-order valence-corrected chi connectivity index (χ3v) is 9.90. The number of amides is 1. The highest BCUT2D eigenvalue weighted by molar-refractivity contribution is 6.02. The number of hydrogen-bond acceptors (Lipinski definition) is 10. The molecule has 3 aliphatic heterocycles. The van der Waals surface area contributed by atoms with Crippen LogP contribution in [0.25, 0.3) is 22.2 Å². The number of methoxy groups -OCH3 is 1. The molecule has 2 saturated heterocycles. The Morgan fingerprint density at radius 2 is 1.85 bits per heavy atom. The van der Waals surface area contributed by atoms with Crippen LogP contribution in [0.3, 0.4) is 0 Å². The van der Waals surface area contributed by atoms with Crippen molar-refractivity contribution in [2.24, 2.45) is 5.92 Å². The van der Waals surface area contributed by atoms with Gasteiger partial charge in [0.1, 0.15) is 5.75 Å². The minimum atomic E-state index is -0.646. The van der Waals surface area contributed by atoms with E-state index in [0.717, 1.165) is 94.3 Å². The first kappa shape index (κ1) is 33.8. The molecular formula is C40H41FN6O5. The summed E-state index contributed by atoms with van der Waals surface area (Å²) in [6.45, 7) is 6.77. The molecule has 1 amide bonds. The Kier molecular flexibility index (Phi) is 9.82. The number of ether oxygens (including phenoxy) is 4. The molecule has 11 nitrogen and oxygen atoms in total. The summed E-state index contributed by atoms with van der Waals surface area (Å²) in [5.41, 5.74) is 4.44. The average molecular weight is 705 g/mol. The van der Waals surface area contributed by atoms with Gasteiger partial charge in [0.25, 0.3) is 5.91 Å². The number of pyridine rings is 1. The average Bonchev–Trinajstić information content (AvgIpc) is 3.17. The second-order valence-electron chi connectivity index (χ2n) is 13.4. The van der Waals surface area contributed by atoms with Crippen molar-refractivity contribution in [2.45, 2.75) is 25.7 Å². The highest BCUT2D eigenvalue weighted by Crippen LogP contribution is 2.41. The highest BCUT2D eigenvalue weighted by atomic mass is 19.1. The summed E-state index contributed by atoms with van der Waals surface area (Å²) in [4.78, 5) is 32.3. The minimum Gasteiger partial charge on any atom is -0.493 e. The summed E-state index contributed by atoms with van der Waals surface area (Å²) in [7, 11) is 1.58. The van der Waals surface area contributed by atoms with Crippen LogP contribution in [0.2, 0.25) is 0 Å². The summed E-state index contributed by atoms with van der Waals surface area (Å²) in [6.07, 6.45) is 5.54. The van der Waals surface area contributed by atoms with E-state index in [4.69, 9.17) is 28.9 Å². The van der Waals surface area contributed by atoms with Crippen molar-refractivity contribution in [3.8, 4) is 34.3 Å².